The molecule has 0 unspecified atom stereocenters. The van der Waals surface area contributed by atoms with E-state index in [-0.39, 0.29) is 18.9 Å². The van der Waals surface area contributed by atoms with Crippen molar-refractivity contribution in [3.8, 4) is 0 Å². The van der Waals surface area contributed by atoms with Gasteiger partial charge >= 0.3 is 18.9 Å². The van der Waals surface area contributed by atoms with Crippen LogP contribution >= 0.6 is 0 Å². The van der Waals surface area contributed by atoms with Crippen LogP contribution in [0.15, 0.2) is 24.3 Å². The second kappa shape index (κ2) is 17.7. The molecule has 0 spiro atoms. The first-order valence-electron chi connectivity index (χ1n) is 10.5. The van der Waals surface area contributed by atoms with Crippen molar-refractivity contribution in [1.29, 1.82) is 0 Å². The van der Waals surface area contributed by atoms with Gasteiger partial charge in [0.15, 0.2) is 0 Å². The summed E-state index contributed by atoms with van der Waals surface area (Å²) in [6.07, 6.45) is 19.7. The molecule has 0 amide bonds. The van der Waals surface area contributed by atoms with Crippen LogP contribution in [-0.2, 0) is 6.42 Å². The van der Waals surface area contributed by atoms with Gasteiger partial charge in [-0.2, -0.15) is 0 Å². The monoisotopic (exact) mass is 352 g/mol. The molecule has 0 saturated carbocycles. The van der Waals surface area contributed by atoms with Gasteiger partial charge in [0.1, 0.15) is 0 Å². The topological polar surface area (TPSA) is 40.1 Å². The van der Waals surface area contributed by atoms with Gasteiger partial charge in [-0.15, -0.1) is 0 Å². The number of carbonyl (C=O) groups is 1. The number of carboxylic acids is 1. The van der Waals surface area contributed by atoms with Gasteiger partial charge in [0.25, 0.3) is 0 Å². The molecule has 0 radical (unpaired) electrons. The van der Waals surface area contributed by atoms with E-state index in [0.717, 1.165) is 18.4 Å². The first-order chi connectivity index (χ1) is 12.3. The molecular weight excluding hydrogens is 315 g/mol. The van der Waals surface area contributed by atoms with Gasteiger partial charge < -0.3 is 9.90 Å². The van der Waals surface area contributed by atoms with Crippen LogP contribution in [0.1, 0.15) is 113 Å². The van der Waals surface area contributed by atoms with Gasteiger partial charge in [-0.25, -0.2) is 0 Å². The summed E-state index contributed by atoms with van der Waals surface area (Å²) < 4.78 is 0. The van der Waals surface area contributed by atoms with Crippen molar-refractivity contribution in [1.82, 2.24) is 0 Å². The Kier molecular flexibility index (Phi) is 17.2. The zero-order chi connectivity index (χ0) is 18.2. The predicted octanol–water partition coefficient (Wildman–Crippen LogP) is 3.08. The van der Waals surface area contributed by atoms with E-state index in [0.29, 0.717) is 5.56 Å². The minimum Gasteiger partial charge on any atom is -0.545 e. The Morgan fingerprint density at radius 3 is 1.62 bits per heavy atom. The van der Waals surface area contributed by atoms with Crippen LogP contribution in [0, 0.1) is 0 Å². The summed E-state index contributed by atoms with van der Waals surface area (Å²) in [7, 11) is 0. The summed E-state index contributed by atoms with van der Waals surface area (Å²) in [5.41, 5.74) is 1.28. The zero-order valence-corrected chi connectivity index (χ0v) is 17.2. The van der Waals surface area contributed by atoms with Gasteiger partial charge in [0, 0.05) is 5.56 Å². The Hall–Kier alpha value is -0.713. The third-order valence-corrected chi connectivity index (χ3v) is 5.04. The largest absolute Gasteiger partial charge is 1.00 e. The quantitative estimate of drug-likeness (QED) is 0.339. The Morgan fingerprint density at radius 2 is 1.15 bits per heavy atom. The van der Waals surface area contributed by atoms with Crippen LogP contribution in [0.3, 0.4) is 0 Å². The number of carboxylic acid groups (broad SMARTS) is 1. The number of carbonyl (C=O) groups excluding carboxylic acids is 1. The fraction of sp³-hybridized carbons (Fsp3) is 0.696. The first-order valence-corrected chi connectivity index (χ1v) is 10.5. The molecule has 0 heterocycles. The van der Waals surface area contributed by atoms with Crippen LogP contribution in [0.4, 0.5) is 0 Å². The number of aryl methyl sites for hydroxylation is 1. The van der Waals surface area contributed by atoms with Crippen LogP contribution in [0.5, 0.6) is 0 Å². The third kappa shape index (κ3) is 12.6. The van der Waals surface area contributed by atoms with E-state index in [1.807, 2.05) is 12.1 Å². The van der Waals surface area contributed by atoms with E-state index < -0.39 is 5.97 Å². The molecule has 1 aromatic carbocycles. The van der Waals surface area contributed by atoms with Gasteiger partial charge in [0.2, 0.25) is 0 Å². The average molecular weight is 352 g/mol. The summed E-state index contributed by atoms with van der Waals surface area (Å²) in [5.74, 6) is -1.05. The molecule has 0 N–H and O–H groups in total. The number of hydrogen-bond donors (Lipinski definition) is 0. The molecule has 0 aromatic heterocycles. The van der Waals surface area contributed by atoms with E-state index in [2.05, 4.69) is 6.92 Å². The molecule has 0 aliphatic heterocycles. The number of benzene rings is 1. The van der Waals surface area contributed by atoms with Crippen LogP contribution in [-0.4, -0.2) is 5.97 Å². The van der Waals surface area contributed by atoms with Crippen molar-refractivity contribution in [3.05, 3.63) is 35.4 Å². The van der Waals surface area contributed by atoms with Crippen molar-refractivity contribution in [2.45, 2.75) is 103 Å². The first kappa shape index (κ1) is 25.3. The summed E-state index contributed by atoms with van der Waals surface area (Å²) >= 11 is 0. The molecule has 1 aromatic rings. The standard InChI is InChI=1S/C23H38O2.Li/c1-2-3-4-5-6-7-8-9-10-11-12-13-14-15-18-21-19-16-17-20-22(21)23(24)25;/h16-17,19-20H,2-15,18H2,1H3,(H,24,25);/q;+1/p-1. The van der Waals surface area contributed by atoms with Crippen molar-refractivity contribution in [3.63, 3.8) is 0 Å². The fourth-order valence-corrected chi connectivity index (χ4v) is 3.45. The van der Waals surface area contributed by atoms with Gasteiger partial charge in [0.05, 0.1) is 5.97 Å². The van der Waals surface area contributed by atoms with Crippen LogP contribution in [0.2, 0.25) is 0 Å². The summed E-state index contributed by atoms with van der Waals surface area (Å²) in [6.45, 7) is 2.27. The van der Waals surface area contributed by atoms with Crippen molar-refractivity contribution >= 4 is 5.97 Å². The van der Waals surface area contributed by atoms with Gasteiger partial charge in [-0.05, 0) is 18.4 Å². The molecule has 2 nitrogen and oxygen atoms in total. The molecule has 26 heavy (non-hydrogen) atoms. The molecule has 0 aliphatic rings. The molecule has 3 heteroatoms. The fourth-order valence-electron chi connectivity index (χ4n) is 3.45. The maximum Gasteiger partial charge on any atom is 1.00 e. The molecule has 0 atom stereocenters. The SMILES string of the molecule is CCCCCCCCCCCCCCCCc1ccccc1C(=O)[O-].[Li+]. The Labute approximate surface area is 173 Å². The van der Waals surface area contributed by atoms with E-state index in [4.69, 9.17) is 0 Å². The second-order valence-electron chi connectivity index (χ2n) is 7.29. The smallest absolute Gasteiger partial charge is 0.545 e. The number of rotatable bonds is 16. The van der Waals surface area contributed by atoms with E-state index in [1.165, 1.54) is 83.5 Å². The van der Waals surface area contributed by atoms with Crippen molar-refractivity contribution in [2.75, 3.05) is 0 Å². The minimum absolute atomic E-state index is 0. The summed E-state index contributed by atoms with van der Waals surface area (Å²) in [6, 6.07) is 7.23. The Morgan fingerprint density at radius 1 is 0.731 bits per heavy atom. The molecule has 0 aliphatic carbocycles. The van der Waals surface area contributed by atoms with Crippen molar-refractivity contribution < 1.29 is 28.8 Å². The second-order valence-corrected chi connectivity index (χ2v) is 7.29. The summed E-state index contributed by atoms with van der Waals surface area (Å²) in [5, 5.41) is 11.1. The molecule has 0 saturated heterocycles. The van der Waals surface area contributed by atoms with Crippen LogP contribution < -0.4 is 24.0 Å². The van der Waals surface area contributed by atoms with E-state index in [9.17, 15) is 9.90 Å². The Bertz CT molecular complexity index is 459. The molecule has 0 fully saturated rings. The van der Waals surface area contributed by atoms with E-state index in [1.54, 1.807) is 12.1 Å². The summed E-state index contributed by atoms with van der Waals surface area (Å²) in [4.78, 5) is 11.1. The Balaban J connectivity index is 0.00000625. The van der Waals surface area contributed by atoms with Gasteiger partial charge in [-0.1, -0.05) is 115 Å². The predicted molar refractivity (Wildman–Crippen MR) is 105 cm³/mol. The molecule has 1 rings (SSSR count). The zero-order valence-electron chi connectivity index (χ0n) is 17.2. The number of aromatic carboxylic acids is 1. The van der Waals surface area contributed by atoms with Gasteiger partial charge in [-0.3, -0.25) is 0 Å². The molecular formula is C23H37LiO2. The maximum absolute atomic E-state index is 11.1. The number of hydrogen-bond acceptors (Lipinski definition) is 2. The molecule has 142 valence electrons. The average Bonchev–Trinajstić information content (AvgIpc) is 2.62. The minimum atomic E-state index is -1.05. The van der Waals surface area contributed by atoms with Crippen molar-refractivity contribution in [2.24, 2.45) is 0 Å². The molecule has 0 bridgehead atoms. The van der Waals surface area contributed by atoms with E-state index >= 15 is 0 Å². The normalized spacial score (nSPS) is 10.5. The maximum atomic E-state index is 11.1. The third-order valence-electron chi connectivity index (χ3n) is 5.04. The number of unbranched alkanes of at least 4 members (excludes halogenated alkanes) is 13. The van der Waals surface area contributed by atoms with Crippen LogP contribution in [0.25, 0.3) is 0 Å².